The number of nitrogens with two attached hydrogens (primary N) is 1. The first-order valence-corrected chi connectivity index (χ1v) is 8.67. The monoisotopic (exact) mass is 339 g/mol. The molecule has 0 spiro atoms. The molecule has 0 bridgehead atoms. The highest BCUT2D eigenvalue weighted by Gasteiger charge is 2.29. The SMILES string of the molecule is C=S(N)(=O)c1ccc(Oc2cc(F)cc(F)c2)c2c1C(O)CC2. The summed E-state index contributed by atoms with van der Waals surface area (Å²) in [6.07, 6.45) is 0.0850. The highest BCUT2D eigenvalue weighted by molar-refractivity contribution is 7.98. The van der Waals surface area contributed by atoms with E-state index in [-0.39, 0.29) is 10.6 Å². The second-order valence-corrected chi connectivity index (χ2v) is 7.33. The number of fused-ring (bicyclic) bond motifs is 1. The Morgan fingerprint density at radius 2 is 1.91 bits per heavy atom. The van der Waals surface area contributed by atoms with Crippen LogP contribution >= 0.6 is 0 Å². The van der Waals surface area contributed by atoms with Gasteiger partial charge in [0.25, 0.3) is 0 Å². The molecule has 1 aliphatic rings. The Morgan fingerprint density at radius 3 is 2.52 bits per heavy atom. The molecule has 3 N–H and O–H groups in total. The number of ether oxygens (including phenoxy) is 1. The molecule has 2 atom stereocenters. The van der Waals surface area contributed by atoms with Crippen molar-refractivity contribution >= 4 is 15.6 Å². The zero-order chi connectivity index (χ0) is 16.8. The van der Waals surface area contributed by atoms with E-state index in [4.69, 9.17) is 9.88 Å². The Balaban J connectivity index is 2.08. The average molecular weight is 339 g/mol. The van der Waals surface area contributed by atoms with Crippen LogP contribution in [-0.4, -0.2) is 15.2 Å². The Morgan fingerprint density at radius 1 is 1.26 bits per heavy atom. The normalized spacial score (nSPS) is 19.2. The fourth-order valence-corrected chi connectivity index (χ4v) is 3.71. The highest BCUT2D eigenvalue weighted by Crippen LogP contribution is 2.42. The molecule has 0 aromatic heterocycles. The Kier molecular flexibility index (Phi) is 3.87. The molecule has 0 aliphatic heterocycles. The molecule has 0 heterocycles. The van der Waals surface area contributed by atoms with Gasteiger partial charge in [0.05, 0.1) is 20.7 Å². The third kappa shape index (κ3) is 3.08. The quantitative estimate of drug-likeness (QED) is 0.845. The van der Waals surface area contributed by atoms with Crippen LogP contribution in [0.2, 0.25) is 0 Å². The zero-order valence-electron chi connectivity index (χ0n) is 12.1. The van der Waals surface area contributed by atoms with Crippen LogP contribution in [-0.2, 0) is 16.1 Å². The van der Waals surface area contributed by atoms with E-state index in [0.717, 1.165) is 18.2 Å². The van der Waals surface area contributed by atoms with Crippen molar-refractivity contribution < 1.29 is 22.8 Å². The van der Waals surface area contributed by atoms with E-state index in [1.807, 2.05) is 0 Å². The van der Waals surface area contributed by atoms with E-state index in [9.17, 15) is 18.1 Å². The standard InChI is InChI=1S/C16H15F2NO3S/c1-23(19,21)15-5-4-14(12-2-3-13(20)16(12)15)22-11-7-9(17)6-10(18)8-11/h4-8,13,20H,1-3H2,(H2,19,21). The second-order valence-electron chi connectivity index (χ2n) is 5.44. The first kappa shape index (κ1) is 15.9. The third-order valence-electron chi connectivity index (χ3n) is 3.71. The zero-order valence-corrected chi connectivity index (χ0v) is 12.9. The van der Waals surface area contributed by atoms with E-state index >= 15 is 0 Å². The number of hydrogen-bond donors (Lipinski definition) is 2. The van der Waals surface area contributed by atoms with Crippen LogP contribution in [0.5, 0.6) is 11.5 Å². The first-order valence-electron chi connectivity index (χ1n) is 6.88. The molecule has 3 rings (SSSR count). The minimum atomic E-state index is -3.00. The minimum Gasteiger partial charge on any atom is -0.457 e. The van der Waals surface area contributed by atoms with Crippen LogP contribution in [0.1, 0.15) is 23.7 Å². The van der Waals surface area contributed by atoms with Crippen LogP contribution in [0.3, 0.4) is 0 Å². The maximum Gasteiger partial charge on any atom is 0.133 e. The Hall–Kier alpha value is -1.96. The summed E-state index contributed by atoms with van der Waals surface area (Å²) >= 11 is 0. The fraction of sp³-hybridized carbons (Fsp3) is 0.188. The lowest BCUT2D eigenvalue weighted by atomic mass is 10.1. The van der Waals surface area contributed by atoms with Gasteiger partial charge in [-0.1, -0.05) is 0 Å². The molecule has 0 radical (unpaired) electrons. The number of aliphatic hydroxyl groups is 1. The van der Waals surface area contributed by atoms with Crippen molar-refractivity contribution in [2.75, 3.05) is 0 Å². The summed E-state index contributed by atoms with van der Waals surface area (Å²) in [5.74, 6) is 2.28. The van der Waals surface area contributed by atoms with Crippen LogP contribution in [0.25, 0.3) is 0 Å². The minimum absolute atomic E-state index is 0.00180. The van der Waals surface area contributed by atoms with E-state index in [1.54, 1.807) is 0 Å². The molecule has 2 unspecified atom stereocenters. The van der Waals surface area contributed by atoms with Crippen molar-refractivity contribution in [1.82, 2.24) is 0 Å². The fourth-order valence-electron chi connectivity index (χ4n) is 2.78. The van der Waals surface area contributed by atoms with Crippen LogP contribution in [0.15, 0.2) is 35.2 Å². The molecule has 1 aliphatic carbocycles. The maximum atomic E-state index is 13.3. The predicted molar refractivity (Wildman–Crippen MR) is 83.9 cm³/mol. The number of hydrogen-bond acceptors (Lipinski definition) is 3. The van der Waals surface area contributed by atoms with Crippen molar-refractivity contribution in [3.05, 3.63) is 53.1 Å². The number of benzene rings is 2. The summed E-state index contributed by atoms with van der Waals surface area (Å²) in [6.45, 7) is 0. The van der Waals surface area contributed by atoms with Gasteiger partial charge in [-0.05, 0) is 30.8 Å². The molecule has 2 aromatic carbocycles. The highest BCUT2D eigenvalue weighted by atomic mass is 32.2. The van der Waals surface area contributed by atoms with Crippen molar-refractivity contribution in [3.8, 4) is 11.5 Å². The van der Waals surface area contributed by atoms with Gasteiger partial charge in [-0.3, -0.25) is 5.14 Å². The molecule has 4 nitrogen and oxygen atoms in total. The van der Waals surface area contributed by atoms with Crippen molar-refractivity contribution in [2.45, 2.75) is 23.8 Å². The molecule has 122 valence electrons. The van der Waals surface area contributed by atoms with E-state index < -0.39 is 27.4 Å². The van der Waals surface area contributed by atoms with E-state index in [2.05, 4.69) is 5.87 Å². The maximum absolute atomic E-state index is 13.3. The molecular weight excluding hydrogens is 324 g/mol. The molecule has 0 saturated carbocycles. The van der Waals surface area contributed by atoms with Gasteiger partial charge < -0.3 is 9.84 Å². The number of aliphatic hydroxyl groups excluding tert-OH is 1. The van der Waals surface area contributed by atoms with Crippen molar-refractivity contribution in [1.29, 1.82) is 0 Å². The molecule has 0 amide bonds. The van der Waals surface area contributed by atoms with E-state index in [1.165, 1.54) is 12.1 Å². The number of rotatable bonds is 3. The van der Waals surface area contributed by atoms with Crippen molar-refractivity contribution in [2.24, 2.45) is 5.14 Å². The lowest BCUT2D eigenvalue weighted by Gasteiger charge is -2.16. The van der Waals surface area contributed by atoms with Crippen LogP contribution in [0.4, 0.5) is 8.78 Å². The van der Waals surface area contributed by atoms with Gasteiger partial charge in [-0.2, -0.15) is 0 Å². The van der Waals surface area contributed by atoms with Gasteiger partial charge >= 0.3 is 0 Å². The Labute approximate surface area is 132 Å². The third-order valence-corrected chi connectivity index (χ3v) is 4.81. The van der Waals surface area contributed by atoms with Gasteiger partial charge in [-0.25, -0.2) is 13.0 Å². The van der Waals surface area contributed by atoms with Gasteiger partial charge in [0.1, 0.15) is 23.1 Å². The summed E-state index contributed by atoms with van der Waals surface area (Å²) < 4.78 is 44.2. The van der Waals surface area contributed by atoms with Gasteiger partial charge in [-0.15, -0.1) is 0 Å². The van der Waals surface area contributed by atoms with E-state index in [0.29, 0.717) is 29.7 Å². The largest absolute Gasteiger partial charge is 0.457 e. The number of halogens is 2. The summed E-state index contributed by atoms with van der Waals surface area (Å²) in [4.78, 5) is 0.273. The molecule has 23 heavy (non-hydrogen) atoms. The molecule has 7 heteroatoms. The lowest BCUT2D eigenvalue weighted by molar-refractivity contribution is 0.177. The van der Waals surface area contributed by atoms with Crippen molar-refractivity contribution in [3.63, 3.8) is 0 Å². The summed E-state index contributed by atoms with van der Waals surface area (Å²) in [5.41, 5.74) is 1.06. The topological polar surface area (TPSA) is 72.6 Å². The smallest absolute Gasteiger partial charge is 0.133 e. The predicted octanol–water partition coefficient (Wildman–Crippen LogP) is 2.69. The van der Waals surface area contributed by atoms with Gasteiger partial charge in [0, 0.05) is 29.3 Å². The average Bonchev–Trinajstić information content (AvgIpc) is 2.79. The summed E-state index contributed by atoms with van der Waals surface area (Å²) in [6, 6.07) is 5.85. The van der Waals surface area contributed by atoms with Crippen LogP contribution in [0, 0.1) is 11.6 Å². The molecule has 0 saturated heterocycles. The van der Waals surface area contributed by atoms with Crippen LogP contribution < -0.4 is 9.88 Å². The lowest BCUT2D eigenvalue weighted by Crippen LogP contribution is -2.15. The Bertz CT molecular complexity index is 861. The second kappa shape index (κ2) is 5.59. The van der Waals surface area contributed by atoms with Gasteiger partial charge in [0.2, 0.25) is 0 Å². The summed E-state index contributed by atoms with van der Waals surface area (Å²) in [7, 11) is -3.00. The molecule has 0 fully saturated rings. The van der Waals surface area contributed by atoms with Gasteiger partial charge in [0.15, 0.2) is 0 Å². The first-order chi connectivity index (χ1) is 10.8. The molecular formula is C16H15F2NO3S. The molecule has 2 aromatic rings. The summed E-state index contributed by atoms with van der Waals surface area (Å²) in [5, 5.41) is 15.7.